The summed E-state index contributed by atoms with van der Waals surface area (Å²) < 4.78 is 35.4. The molecule has 1 aromatic carbocycles. The van der Waals surface area contributed by atoms with Crippen molar-refractivity contribution in [3.05, 3.63) is 42.5 Å². The first kappa shape index (κ1) is 18.4. The molecule has 0 unspecified atom stereocenters. The lowest BCUT2D eigenvalue weighted by atomic mass is 10.1. The van der Waals surface area contributed by atoms with E-state index in [0.29, 0.717) is 16.3 Å². The average molecular weight is 365 g/mol. The zero-order valence-electron chi connectivity index (χ0n) is 13.9. The SMILES string of the molecule is CN(C)c1ccc(N=C2C=CC(=[N+](C)C)C=C2)c(SS(=O)(=O)[O-])c1. The van der Waals surface area contributed by atoms with Crippen LogP contribution in [-0.4, -0.2) is 57.2 Å². The molecule has 8 heteroatoms. The second-order valence-electron chi connectivity index (χ2n) is 5.56. The molecule has 24 heavy (non-hydrogen) atoms. The van der Waals surface area contributed by atoms with Crippen LogP contribution in [0.25, 0.3) is 0 Å². The Balaban J connectivity index is 2.43. The first-order valence-electron chi connectivity index (χ1n) is 7.11. The van der Waals surface area contributed by atoms with Crippen LogP contribution in [0.15, 0.2) is 52.4 Å². The van der Waals surface area contributed by atoms with Crippen molar-refractivity contribution in [3.63, 3.8) is 0 Å². The monoisotopic (exact) mass is 365 g/mol. The molecule has 1 aliphatic carbocycles. The van der Waals surface area contributed by atoms with Crippen molar-refractivity contribution < 1.29 is 17.5 Å². The van der Waals surface area contributed by atoms with Crippen LogP contribution in [0, 0.1) is 0 Å². The topological polar surface area (TPSA) is 75.8 Å². The van der Waals surface area contributed by atoms with Crippen LogP contribution < -0.4 is 4.90 Å². The van der Waals surface area contributed by atoms with E-state index >= 15 is 0 Å². The molecular formula is C16H19N3O3S2. The normalized spacial score (nSPS) is 14.0. The van der Waals surface area contributed by atoms with E-state index in [9.17, 15) is 13.0 Å². The third-order valence-corrected chi connectivity index (χ3v) is 5.13. The minimum atomic E-state index is -4.47. The molecule has 6 nitrogen and oxygen atoms in total. The molecule has 2 rings (SSSR count). The zero-order valence-corrected chi connectivity index (χ0v) is 15.6. The summed E-state index contributed by atoms with van der Waals surface area (Å²) in [6.07, 6.45) is 7.53. The Bertz CT molecular complexity index is 845. The van der Waals surface area contributed by atoms with Gasteiger partial charge in [0.25, 0.3) is 0 Å². The second kappa shape index (κ2) is 7.33. The average Bonchev–Trinajstić information content (AvgIpc) is 2.48. The first-order chi connectivity index (χ1) is 11.2. The number of allylic oxidation sites excluding steroid dienone is 4. The smallest absolute Gasteiger partial charge is 0.199 e. The standard InChI is InChI=1S/C16H19N3O3S2/c1-18(2)13-7-5-12(6-8-13)17-15-10-9-14(19(3)4)11-16(15)23-24(20,21)22/h5-11H,1-4H3. The van der Waals surface area contributed by atoms with Gasteiger partial charge in [-0.15, -0.1) is 0 Å². The van der Waals surface area contributed by atoms with Crippen molar-refractivity contribution in [2.45, 2.75) is 4.90 Å². The molecule has 1 aromatic rings. The van der Waals surface area contributed by atoms with Crippen LogP contribution in [0.3, 0.4) is 0 Å². The number of hydrogen-bond donors (Lipinski definition) is 0. The highest BCUT2D eigenvalue weighted by atomic mass is 33.1. The zero-order chi connectivity index (χ0) is 17.9. The Morgan fingerprint density at radius 2 is 1.75 bits per heavy atom. The van der Waals surface area contributed by atoms with E-state index in [0.717, 1.165) is 11.4 Å². The van der Waals surface area contributed by atoms with Crippen molar-refractivity contribution in [1.82, 2.24) is 0 Å². The van der Waals surface area contributed by atoms with Crippen LogP contribution in [0.4, 0.5) is 11.4 Å². The van der Waals surface area contributed by atoms with Gasteiger partial charge < -0.3 is 9.45 Å². The first-order valence-corrected chi connectivity index (χ1v) is 9.86. The summed E-state index contributed by atoms with van der Waals surface area (Å²) in [7, 11) is 3.37. The highest BCUT2D eigenvalue weighted by Crippen LogP contribution is 2.36. The largest absolute Gasteiger partial charge is 0.739 e. The maximum atomic E-state index is 11.2. The van der Waals surface area contributed by atoms with E-state index in [2.05, 4.69) is 4.99 Å². The third-order valence-electron chi connectivity index (χ3n) is 3.27. The molecule has 0 aromatic heterocycles. The van der Waals surface area contributed by atoms with Gasteiger partial charge in [-0.3, -0.25) is 0 Å². The molecular weight excluding hydrogens is 346 g/mol. The fourth-order valence-electron chi connectivity index (χ4n) is 2.01. The van der Waals surface area contributed by atoms with Crippen molar-refractivity contribution >= 4 is 42.7 Å². The molecule has 1 aliphatic rings. The maximum absolute atomic E-state index is 11.2. The molecule has 0 radical (unpaired) electrons. The molecule has 0 N–H and O–H groups in total. The Morgan fingerprint density at radius 3 is 2.25 bits per heavy atom. The predicted molar refractivity (Wildman–Crippen MR) is 98.8 cm³/mol. The Hall–Kier alpha value is -1.90. The van der Waals surface area contributed by atoms with Gasteiger partial charge in [-0.2, -0.15) is 0 Å². The Labute approximate surface area is 146 Å². The number of rotatable bonds is 4. The van der Waals surface area contributed by atoms with E-state index in [4.69, 9.17) is 0 Å². The molecule has 0 spiro atoms. The summed E-state index contributed by atoms with van der Waals surface area (Å²) in [5.41, 5.74) is 2.96. The lowest BCUT2D eigenvalue weighted by Gasteiger charge is -2.16. The van der Waals surface area contributed by atoms with Crippen molar-refractivity contribution in [3.8, 4) is 0 Å². The lowest BCUT2D eigenvalue weighted by molar-refractivity contribution is -0.462. The third kappa shape index (κ3) is 5.05. The molecule has 0 amide bonds. The van der Waals surface area contributed by atoms with Gasteiger partial charge in [0.05, 0.1) is 11.4 Å². The van der Waals surface area contributed by atoms with Gasteiger partial charge in [0.1, 0.15) is 14.1 Å². The second-order valence-corrected chi connectivity index (χ2v) is 8.71. The number of nitrogens with zero attached hydrogens (tertiary/aromatic N) is 3. The number of aliphatic imine (C=N–C) groups is 1. The Kier molecular flexibility index (Phi) is 5.63. The van der Waals surface area contributed by atoms with Crippen LogP contribution >= 0.6 is 10.8 Å². The molecule has 128 valence electrons. The maximum Gasteiger partial charge on any atom is 0.199 e. The quantitative estimate of drug-likeness (QED) is 0.354. The van der Waals surface area contributed by atoms with Gasteiger partial charge in [-0.1, -0.05) is 0 Å². The summed E-state index contributed by atoms with van der Waals surface area (Å²) in [5, 5.41) is 0. The number of hydrogen-bond acceptors (Lipinski definition) is 6. The van der Waals surface area contributed by atoms with Gasteiger partial charge in [0.2, 0.25) is 0 Å². The van der Waals surface area contributed by atoms with E-state index in [1.165, 1.54) is 0 Å². The summed E-state index contributed by atoms with van der Waals surface area (Å²) in [6.45, 7) is 0. The van der Waals surface area contributed by atoms with Crippen LogP contribution in [-0.2, 0) is 9.15 Å². The van der Waals surface area contributed by atoms with Crippen molar-refractivity contribution in [2.75, 3.05) is 33.1 Å². The van der Waals surface area contributed by atoms with Gasteiger partial charge in [-0.05, 0) is 41.1 Å². The highest BCUT2D eigenvalue weighted by molar-refractivity contribution is 8.69. The highest BCUT2D eigenvalue weighted by Gasteiger charge is 2.11. The van der Waals surface area contributed by atoms with E-state index in [1.54, 1.807) is 12.1 Å². The molecule has 0 atom stereocenters. The van der Waals surface area contributed by atoms with Gasteiger partial charge >= 0.3 is 0 Å². The molecule has 0 saturated heterocycles. The van der Waals surface area contributed by atoms with Crippen LogP contribution in [0.2, 0.25) is 0 Å². The fourth-order valence-corrected chi connectivity index (χ4v) is 3.66. The van der Waals surface area contributed by atoms with Gasteiger partial charge in [-0.25, -0.2) is 18.0 Å². The van der Waals surface area contributed by atoms with Gasteiger partial charge in [0.15, 0.2) is 14.9 Å². The number of benzene rings is 1. The molecule has 0 aliphatic heterocycles. The minimum Gasteiger partial charge on any atom is -0.739 e. The fraction of sp³-hybridized carbons (Fsp3) is 0.250. The molecule has 0 saturated carbocycles. The summed E-state index contributed by atoms with van der Waals surface area (Å²) in [6, 6.07) is 5.18. The van der Waals surface area contributed by atoms with E-state index < -0.39 is 9.15 Å². The summed E-state index contributed by atoms with van der Waals surface area (Å²) >= 11 is 0. The van der Waals surface area contributed by atoms with Crippen molar-refractivity contribution in [1.29, 1.82) is 0 Å². The summed E-state index contributed by atoms with van der Waals surface area (Å²) in [5.74, 6) is 0. The van der Waals surface area contributed by atoms with E-state index in [1.807, 2.05) is 68.0 Å². The minimum absolute atomic E-state index is 0.274. The summed E-state index contributed by atoms with van der Waals surface area (Å²) in [4.78, 5) is 6.61. The molecule has 0 fully saturated rings. The molecule has 0 heterocycles. The number of anilines is 1. The van der Waals surface area contributed by atoms with Crippen molar-refractivity contribution in [2.24, 2.45) is 4.99 Å². The Morgan fingerprint density at radius 1 is 1.12 bits per heavy atom. The van der Waals surface area contributed by atoms with Crippen LogP contribution in [0.5, 0.6) is 0 Å². The molecule has 0 bridgehead atoms. The van der Waals surface area contributed by atoms with Gasteiger partial charge in [0, 0.05) is 36.8 Å². The lowest BCUT2D eigenvalue weighted by Crippen LogP contribution is -2.11. The van der Waals surface area contributed by atoms with Crippen LogP contribution in [0.1, 0.15) is 0 Å². The predicted octanol–water partition coefficient (Wildman–Crippen LogP) is 2.22. The van der Waals surface area contributed by atoms with E-state index in [-0.39, 0.29) is 10.8 Å².